The van der Waals surface area contributed by atoms with Crippen molar-refractivity contribution in [2.24, 2.45) is 0 Å². The lowest BCUT2D eigenvalue weighted by molar-refractivity contribution is -0.111. The first-order chi connectivity index (χ1) is 14.5. The van der Waals surface area contributed by atoms with Crippen LogP contribution in [0.3, 0.4) is 0 Å². The number of carbonyl (C=O) groups is 2. The second-order valence-electron chi connectivity index (χ2n) is 6.42. The van der Waals surface area contributed by atoms with Crippen molar-refractivity contribution in [2.75, 3.05) is 19.0 Å². The fourth-order valence-corrected chi connectivity index (χ4v) is 4.12. The molecule has 0 fully saturated rings. The smallest absolute Gasteiger partial charge is 0.341 e. The van der Waals surface area contributed by atoms with Crippen molar-refractivity contribution in [3.8, 4) is 16.9 Å². The SMILES string of the molecule is CCOc1ccc(C=CC(=O)Nc2sc(C)c(-c3ccccc3)c2C(=O)OC)cc1. The highest BCUT2D eigenvalue weighted by Gasteiger charge is 2.24. The first-order valence-electron chi connectivity index (χ1n) is 9.52. The number of hydrogen-bond donors (Lipinski definition) is 1. The van der Waals surface area contributed by atoms with Crippen LogP contribution in [0.5, 0.6) is 5.75 Å². The van der Waals surface area contributed by atoms with E-state index < -0.39 is 5.97 Å². The Bertz CT molecular complexity index is 1050. The minimum atomic E-state index is -0.482. The average Bonchev–Trinajstić information content (AvgIpc) is 3.09. The second kappa shape index (κ2) is 9.89. The summed E-state index contributed by atoms with van der Waals surface area (Å²) in [6.07, 6.45) is 3.15. The number of rotatable bonds is 7. The Balaban J connectivity index is 1.83. The van der Waals surface area contributed by atoms with Gasteiger partial charge < -0.3 is 14.8 Å². The number of thiophene rings is 1. The maximum Gasteiger partial charge on any atom is 0.341 e. The predicted octanol–water partition coefficient (Wildman–Crippen LogP) is 5.56. The van der Waals surface area contributed by atoms with E-state index in [9.17, 15) is 9.59 Å². The van der Waals surface area contributed by atoms with Crippen molar-refractivity contribution < 1.29 is 19.1 Å². The summed E-state index contributed by atoms with van der Waals surface area (Å²) in [5, 5.41) is 3.30. The molecule has 1 amide bonds. The van der Waals surface area contributed by atoms with Gasteiger partial charge in [0.05, 0.1) is 13.7 Å². The molecular formula is C24H23NO4S. The number of ether oxygens (including phenoxy) is 2. The molecule has 154 valence electrons. The van der Waals surface area contributed by atoms with Gasteiger partial charge in [-0.15, -0.1) is 11.3 Å². The van der Waals surface area contributed by atoms with Crippen LogP contribution in [0.25, 0.3) is 17.2 Å². The lowest BCUT2D eigenvalue weighted by atomic mass is 10.0. The lowest BCUT2D eigenvalue weighted by Crippen LogP contribution is -2.11. The molecule has 0 aliphatic carbocycles. The van der Waals surface area contributed by atoms with Gasteiger partial charge in [-0.2, -0.15) is 0 Å². The lowest BCUT2D eigenvalue weighted by Gasteiger charge is -2.07. The molecule has 0 aliphatic heterocycles. The summed E-state index contributed by atoms with van der Waals surface area (Å²) in [7, 11) is 1.33. The zero-order valence-electron chi connectivity index (χ0n) is 17.1. The largest absolute Gasteiger partial charge is 0.494 e. The van der Waals surface area contributed by atoms with Crippen LogP contribution in [-0.4, -0.2) is 25.6 Å². The van der Waals surface area contributed by atoms with Crippen LogP contribution in [0.4, 0.5) is 5.00 Å². The van der Waals surface area contributed by atoms with E-state index in [1.54, 1.807) is 6.08 Å². The Morgan fingerprint density at radius 3 is 2.40 bits per heavy atom. The van der Waals surface area contributed by atoms with Gasteiger partial charge in [0.15, 0.2) is 0 Å². The van der Waals surface area contributed by atoms with Gasteiger partial charge in [0.2, 0.25) is 5.91 Å². The van der Waals surface area contributed by atoms with Gasteiger partial charge in [-0.05, 0) is 43.2 Å². The molecule has 0 spiro atoms. The normalized spacial score (nSPS) is 10.8. The average molecular weight is 422 g/mol. The Hall–Kier alpha value is -3.38. The Morgan fingerprint density at radius 1 is 1.07 bits per heavy atom. The quantitative estimate of drug-likeness (QED) is 0.401. The highest BCUT2D eigenvalue weighted by atomic mass is 32.1. The van der Waals surface area contributed by atoms with E-state index in [4.69, 9.17) is 9.47 Å². The van der Waals surface area contributed by atoms with Crippen molar-refractivity contribution in [3.05, 3.63) is 76.7 Å². The number of nitrogens with one attached hydrogen (secondary N) is 1. The first-order valence-corrected chi connectivity index (χ1v) is 10.3. The number of amides is 1. The number of aryl methyl sites for hydroxylation is 1. The van der Waals surface area contributed by atoms with E-state index in [2.05, 4.69) is 5.32 Å². The molecule has 30 heavy (non-hydrogen) atoms. The fourth-order valence-electron chi connectivity index (χ4n) is 3.05. The van der Waals surface area contributed by atoms with E-state index in [1.165, 1.54) is 24.5 Å². The number of carbonyl (C=O) groups excluding carboxylic acids is 2. The number of methoxy groups -OCH3 is 1. The first kappa shape index (κ1) is 21.3. The van der Waals surface area contributed by atoms with E-state index in [1.807, 2.05) is 68.4 Å². The molecule has 0 aliphatic rings. The molecule has 0 radical (unpaired) electrons. The Morgan fingerprint density at radius 2 is 1.77 bits per heavy atom. The molecule has 1 N–H and O–H groups in total. The van der Waals surface area contributed by atoms with E-state index in [-0.39, 0.29) is 5.91 Å². The molecule has 1 heterocycles. The molecule has 0 unspecified atom stereocenters. The fraction of sp³-hybridized carbons (Fsp3) is 0.167. The summed E-state index contributed by atoms with van der Waals surface area (Å²) >= 11 is 1.35. The second-order valence-corrected chi connectivity index (χ2v) is 7.64. The van der Waals surface area contributed by atoms with Crippen molar-refractivity contribution in [1.29, 1.82) is 0 Å². The minimum absolute atomic E-state index is 0.324. The number of esters is 1. The zero-order valence-corrected chi connectivity index (χ0v) is 17.9. The van der Waals surface area contributed by atoms with Gasteiger partial charge in [0, 0.05) is 16.5 Å². The van der Waals surface area contributed by atoms with Crippen LogP contribution in [0.15, 0.2) is 60.7 Å². The molecule has 6 heteroatoms. The summed E-state index contributed by atoms with van der Waals surface area (Å²) < 4.78 is 10.4. The van der Waals surface area contributed by atoms with Crippen molar-refractivity contribution >= 4 is 34.3 Å². The van der Waals surface area contributed by atoms with Crippen LogP contribution in [0, 0.1) is 6.92 Å². The Labute approximate surface area is 180 Å². The molecule has 1 aromatic heterocycles. The van der Waals surface area contributed by atoms with Gasteiger partial charge >= 0.3 is 5.97 Å². The molecule has 3 rings (SSSR count). The van der Waals surface area contributed by atoms with Crippen LogP contribution in [0.2, 0.25) is 0 Å². The third-order valence-electron chi connectivity index (χ3n) is 4.39. The van der Waals surface area contributed by atoms with Crippen LogP contribution >= 0.6 is 11.3 Å². The molecule has 2 aromatic carbocycles. The highest BCUT2D eigenvalue weighted by Crippen LogP contribution is 2.40. The molecule has 0 atom stereocenters. The Kier molecular flexibility index (Phi) is 7.03. The number of benzene rings is 2. The van der Waals surface area contributed by atoms with Gasteiger partial charge in [0.1, 0.15) is 16.3 Å². The van der Waals surface area contributed by atoms with Crippen LogP contribution in [0.1, 0.15) is 27.7 Å². The molecule has 0 saturated heterocycles. The summed E-state index contributed by atoms with van der Waals surface area (Å²) in [4.78, 5) is 25.9. The van der Waals surface area contributed by atoms with E-state index in [0.717, 1.165) is 27.3 Å². The maximum absolute atomic E-state index is 12.5. The summed E-state index contributed by atoms with van der Waals surface area (Å²) in [5.74, 6) is -0.0248. The number of hydrogen-bond acceptors (Lipinski definition) is 5. The zero-order chi connectivity index (χ0) is 21.5. The van der Waals surface area contributed by atoms with Crippen molar-refractivity contribution in [2.45, 2.75) is 13.8 Å². The summed E-state index contributed by atoms with van der Waals surface area (Å²) in [6.45, 7) is 4.45. The third kappa shape index (κ3) is 4.96. The molecule has 0 saturated carbocycles. The minimum Gasteiger partial charge on any atom is -0.494 e. The van der Waals surface area contributed by atoms with Gasteiger partial charge in [-0.3, -0.25) is 4.79 Å². The third-order valence-corrected chi connectivity index (χ3v) is 5.41. The highest BCUT2D eigenvalue weighted by molar-refractivity contribution is 7.17. The predicted molar refractivity (Wildman–Crippen MR) is 121 cm³/mol. The topological polar surface area (TPSA) is 64.6 Å². The van der Waals surface area contributed by atoms with Crippen molar-refractivity contribution in [1.82, 2.24) is 0 Å². The number of anilines is 1. The molecule has 3 aromatic rings. The van der Waals surface area contributed by atoms with Gasteiger partial charge in [-0.1, -0.05) is 42.5 Å². The van der Waals surface area contributed by atoms with Crippen molar-refractivity contribution in [3.63, 3.8) is 0 Å². The van der Waals surface area contributed by atoms with Gasteiger partial charge in [0.25, 0.3) is 0 Å². The van der Waals surface area contributed by atoms with Crippen LogP contribution < -0.4 is 10.1 Å². The standard InChI is InChI=1S/C24H23NO4S/c1-4-29-19-13-10-17(11-14-19)12-15-20(26)25-23-22(24(27)28-3)21(16(2)30-23)18-8-6-5-7-9-18/h5-15H,4H2,1-3H3,(H,25,26). The maximum atomic E-state index is 12.5. The monoisotopic (exact) mass is 421 g/mol. The summed E-state index contributed by atoms with van der Waals surface area (Å²) in [5.41, 5.74) is 2.92. The van der Waals surface area contributed by atoms with Gasteiger partial charge in [-0.25, -0.2) is 4.79 Å². The summed E-state index contributed by atoms with van der Waals surface area (Å²) in [6, 6.07) is 17.0. The molecular weight excluding hydrogens is 398 g/mol. The molecule has 0 bridgehead atoms. The van der Waals surface area contributed by atoms with E-state index in [0.29, 0.717) is 17.2 Å². The van der Waals surface area contributed by atoms with E-state index >= 15 is 0 Å². The molecule has 5 nitrogen and oxygen atoms in total. The van der Waals surface area contributed by atoms with Crippen LogP contribution in [-0.2, 0) is 9.53 Å².